The lowest BCUT2D eigenvalue weighted by Gasteiger charge is -2.09. The third kappa shape index (κ3) is 6.81. The quantitative estimate of drug-likeness (QED) is 0.484. The summed E-state index contributed by atoms with van der Waals surface area (Å²) in [6.45, 7) is 0.956. The highest BCUT2D eigenvalue weighted by Crippen LogP contribution is 2.23. The van der Waals surface area contributed by atoms with Gasteiger partial charge in [0.1, 0.15) is 24.7 Å². The van der Waals surface area contributed by atoms with Crippen molar-refractivity contribution in [1.29, 1.82) is 0 Å². The van der Waals surface area contributed by atoms with E-state index in [4.69, 9.17) is 29.8 Å². The maximum Gasteiger partial charge on any atom is 0.329 e. The molecule has 0 aliphatic heterocycles. The average Bonchev–Trinajstić information content (AvgIpc) is 2.40. The Hall–Kier alpha value is -1.99. The number of hydrogen-bond donors (Lipinski definition) is 2. The molecule has 0 unspecified atom stereocenters. The number of nitrogens with two attached hydrogens (primary N) is 1. The van der Waals surface area contributed by atoms with Crippen LogP contribution in [-0.2, 0) is 14.3 Å². The Morgan fingerprint density at radius 2 is 1.75 bits per heavy atom. The van der Waals surface area contributed by atoms with E-state index in [1.54, 1.807) is 25.3 Å². The number of benzene rings is 1. The fourth-order valence-electron chi connectivity index (χ4n) is 1.39. The topological polar surface area (TPSA) is 100 Å². The Labute approximate surface area is 117 Å². The van der Waals surface area contributed by atoms with Crippen LogP contribution in [0.3, 0.4) is 0 Å². The van der Waals surface area contributed by atoms with E-state index >= 15 is 0 Å². The molecule has 1 rings (SSSR count). The van der Waals surface area contributed by atoms with Crippen LogP contribution in [0, 0.1) is 0 Å². The number of anilines is 1. The number of ether oxygens (including phenoxy) is 4. The Bertz CT molecular complexity index is 423. The second-order valence-corrected chi connectivity index (χ2v) is 3.85. The summed E-state index contributed by atoms with van der Waals surface area (Å²) in [5.74, 6) is 0.236. The second-order valence-electron chi connectivity index (χ2n) is 3.85. The van der Waals surface area contributed by atoms with Gasteiger partial charge in [0.05, 0.1) is 26.9 Å². The highest BCUT2D eigenvalue weighted by Gasteiger charge is 2.00. The van der Waals surface area contributed by atoms with Gasteiger partial charge in [-0.05, 0) is 0 Å². The van der Waals surface area contributed by atoms with Crippen molar-refractivity contribution in [3.05, 3.63) is 18.2 Å². The molecule has 0 heterocycles. The summed E-state index contributed by atoms with van der Waals surface area (Å²) in [4.78, 5) is 10.2. The fraction of sp³-hybridized carbons (Fsp3) is 0.462. The monoisotopic (exact) mass is 285 g/mol. The highest BCUT2D eigenvalue weighted by atomic mass is 16.5. The van der Waals surface area contributed by atoms with Crippen LogP contribution in [0.25, 0.3) is 0 Å². The minimum Gasteiger partial charge on any atom is -0.497 e. The van der Waals surface area contributed by atoms with Crippen LogP contribution in [-0.4, -0.2) is 51.2 Å². The number of hydrogen-bond acceptors (Lipinski definition) is 6. The maximum atomic E-state index is 10.2. The van der Waals surface area contributed by atoms with Gasteiger partial charge in [0, 0.05) is 23.9 Å². The minimum absolute atomic E-state index is 0.235. The fourth-order valence-corrected chi connectivity index (χ4v) is 1.39. The van der Waals surface area contributed by atoms with Crippen molar-refractivity contribution >= 4 is 11.7 Å². The van der Waals surface area contributed by atoms with Gasteiger partial charge in [-0.3, -0.25) is 0 Å². The van der Waals surface area contributed by atoms with E-state index in [0.717, 1.165) is 0 Å². The van der Waals surface area contributed by atoms with Crippen molar-refractivity contribution in [2.24, 2.45) is 0 Å². The van der Waals surface area contributed by atoms with Gasteiger partial charge in [-0.2, -0.15) is 0 Å². The number of aliphatic carboxylic acids is 1. The zero-order valence-corrected chi connectivity index (χ0v) is 11.3. The van der Waals surface area contributed by atoms with Crippen molar-refractivity contribution in [1.82, 2.24) is 0 Å². The normalized spacial score (nSPS) is 10.2. The summed E-state index contributed by atoms with van der Waals surface area (Å²) in [6.07, 6.45) is 0. The molecule has 0 aliphatic carbocycles. The molecule has 1 aromatic rings. The van der Waals surface area contributed by atoms with E-state index in [0.29, 0.717) is 37.0 Å². The number of carbonyl (C=O) groups is 1. The Morgan fingerprint density at radius 1 is 1.10 bits per heavy atom. The summed E-state index contributed by atoms with van der Waals surface area (Å²) in [6, 6.07) is 5.12. The molecule has 7 nitrogen and oxygen atoms in total. The molecule has 112 valence electrons. The number of methoxy groups -OCH3 is 1. The molecule has 0 saturated heterocycles. The van der Waals surface area contributed by atoms with E-state index in [9.17, 15) is 4.79 Å². The number of nitrogen functional groups attached to an aromatic ring is 1. The first kappa shape index (κ1) is 16.1. The first-order valence-corrected chi connectivity index (χ1v) is 6.06. The zero-order chi connectivity index (χ0) is 14.8. The molecule has 0 atom stereocenters. The lowest BCUT2D eigenvalue weighted by atomic mass is 10.3. The van der Waals surface area contributed by atoms with E-state index < -0.39 is 5.97 Å². The predicted molar refractivity (Wildman–Crippen MR) is 72.2 cm³/mol. The highest BCUT2D eigenvalue weighted by molar-refractivity contribution is 5.67. The van der Waals surface area contributed by atoms with Gasteiger partial charge >= 0.3 is 5.97 Å². The molecular formula is C13H19NO6. The summed E-state index contributed by atoms with van der Waals surface area (Å²) in [5, 5.41) is 8.34. The smallest absolute Gasteiger partial charge is 0.329 e. The van der Waals surface area contributed by atoms with Gasteiger partial charge in [-0.25, -0.2) is 4.79 Å². The Kier molecular flexibility index (Phi) is 7.23. The largest absolute Gasteiger partial charge is 0.497 e. The van der Waals surface area contributed by atoms with Crippen LogP contribution in [0.15, 0.2) is 18.2 Å². The van der Waals surface area contributed by atoms with Crippen molar-refractivity contribution in [2.75, 3.05) is 45.9 Å². The maximum absolute atomic E-state index is 10.2. The van der Waals surface area contributed by atoms with Gasteiger partial charge in [0.2, 0.25) is 0 Å². The van der Waals surface area contributed by atoms with Crippen LogP contribution >= 0.6 is 0 Å². The SMILES string of the molecule is COc1cc(N)cc(OCCOCCOCC(=O)O)c1. The van der Waals surface area contributed by atoms with Crippen LogP contribution in [0.1, 0.15) is 0 Å². The molecule has 3 N–H and O–H groups in total. The standard InChI is InChI=1S/C13H19NO6/c1-17-11-6-10(14)7-12(8-11)20-5-4-18-2-3-19-9-13(15)16/h6-8H,2-5,9,14H2,1H3,(H,15,16). The number of carboxylic acid groups (broad SMARTS) is 1. The summed E-state index contributed by atoms with van der Waals surface area (Å²) < 4.78 is 20.6. The van der Waals surface area contributed by atoms with E-state index in [1.165, 1.54) is 0 Å². The molecule has 0 aromatic heterocycles. The third-order valence-corrected chi connectivity index (χ3v) is 2.23. The van der Waals surface area contributed by atoms with Crippen LogP contribution < -0.4 is 15.2 Å². The van der Waals surface area contributed by atoms with Gasteiger partial charge in [0.15, 0.2) is 0 Å². The minimum atomic E-state index is -0.996. The van der Waals surface area contributed by atoms with Crippen LogP contribution in [0.4, 0.5) is 5.69 Å². The lowest BCUT2D eigenvalue weighted by molar-refractivity contribution is -0.142. The molecule has 0 fully saturated rings. The van der Waals surface area contributed by atoms with E-state index in [-0.39, 0.29) is 13.2 Å². The predicted octanol–water partition coefficient (Wildman–Crippen LogP) is 0.774. The molecule has 20 heavy (non-hydrogen) atoms. The molecule has 0 spiro atoms. The second kappa shape index (κ2) is 9.00. The Morgan fingerprint density at radius 3 is 2.45 bits per heavy atom. The lowest BCUT2D eigenvalue weighted by Crippen LogP contribution is -2.13. The van der Waals surface area contributed by atoms with Crippen molar-refractivity contribution in [2.45, 2.75) is 0 Å². The zero-order valence-electron chi connectivity index (χ0n) is 11.3. The van der Waals surface area contributed by atoms with Crippen molar-refractivity contribution in [3.8, 4) is 11.5 Å². The van der Waals surface area contributed by atoms with Gasteiger partial charge in [0.25, 0.3) is 0 Å². The van der Waals surface area contributed by atoms with Gasteiger partial charge < -0.3 is 29.8 Å². The summed E-state index contributed by atoms with van der Waals surface area (Å²) in [7, 11) is 1.55. The molecule has 0 bridgehead atoms. The molecule has 0 aliphatic rings. The molecule has 0 radical (unpaired) electrons. The summed E-state index contributed by atoms with van der Waals surface area (Å²) in [5.41, 5.74) is 6.25. The molecule has 7 heteroatoms. The van der Waals surface area contributed by atoms with Crippen molar-refractivity contribution in [3.63, 3.8) is 0 Å². The average molecular weight is 285 g/mol. The third-order valence-electron chi connectivity index (χ3n) is 2.23. The first-order chi connectivity index (χ1) is 9.61. The molecule has 1 aromatic carbocycles. The molecular weight excluding hydrogens is 266 g/mol. The molecule has 0 amide bonds. The van der Waals surface area contributed by atoms with Crippen molar-refractivity contribution < 1.29 is 28.8 Å². The van der Waals surface area contributed by atoms with E-state index in [1.807, 2.05) is 0 Å². The van der Waals surface area contributed by atoms with Gasteiger partial charge in [-0.15, -0.1) is 0 Å². The van der Waals surface area contributed by atoms with Crippen LogP contribution in [0.5, 0.6) is 11.5 Å². The summed E-state index contributed by atoms with van der Waals surface area (Å²) >= 11 is 0. The number of carboxylic acids is 1. The number of rotatable bonds is 10. The molecule has 0 saturated carbocycles. The van der Waals surface area contributed by atoms with E-state index in [2.05, 4.69) is 0 Å². The first-order valence-electron chi connectivity index (χ1n) is 6.06. The van der Waals surface area contributed by atoms with Gasteiger partial charge in [-0.1, -0.05) is 0 Å². The van der Waals surface area contributed by atoms with Crippen LogP contribution in [0.2, 0.25) is 0 Å². The Balaban J connectivity index is 2.12.